The molecule has 37 heavy (non-hydrogen) atoms. The lowest BCUT2D eigenvalue weighted by atomic mass is 9.71. The predicted octanol–water partition coefficient (Wildman–Crippen LogP) is 7.21. The Kier molecular flexibility index (Phi) is 8.00. The first-order chi connectivity index (χ1) is 18.2. The van der Waals surface area contributed by atoms with Gasteiger partial charge in [-0.15, -0.1) is 0 Å². The van der Waals surface area contributed by atoms with Crippen LogP contribution in [-0.2, 0) is 9.47 Å². The molecule has 0 bridgehead atoms. The van der Waals surface area contributed by atoms with Crippen molar-refractivity contribution in [1.82, 2.24) is 4.90 Å². The third-order valence-corrected chi connectivity index (χ3v) is 11.2. The molecule has 2 heterocycles. The minimum atomic E-state index is 0.386. The summed E-state index contributed by atoms with van der Waals surface area (Å²) in [6.07, 6.45) is 33.9. The molecule has 0 radical (unpaired) electrons. The fraction of sp³-hybridized carbons (Fsp3) is 0.788. The van der Waals surface area contributed by atoms with Gasteiger partial charge in [-0.25, -0.2) is 0 Å². The average Bonchev–Trinajstić information content (AvgIpc) is 3.44. The molecule has 2 aliphatic heterocycles. The Morgan fingerprint density at radius 3 is 2.03 bits per heavy atom. The summed E-state index contributed by atoms with van der Waals surface area (Å²) in [6.45, 7) is 0. The lowest BCUT2D eigenvalue weighted by Crippen LogP contribution is -2.40. The lowest BCUT2D eigenvalue weighted by molar-refractivity contribution is -0.535. The summed E-state index contributed by atoms with van der Waals surface area (Å²) < 4.78 is 15.2. The highest BCUT2D eigenvalue weighted by Gasteiger charge is 2.46. The topological polar surface area (TPSA) is 24.7 Å². The summed E-state index contributed by atoms with van der Waals surface area (Å²) in [5.74, 6) is 5.85. The summed E-state index contributed by atoms with van der Waals surface area (Å²) in [6, 6.07) is 1.13. The van der Waals surface area contributed by atoms with E-state index in [9.17, 15) is 0 Å². The van der Waals surface area contributed by atoms with Crippen molar-refractivity contribution < 1.29 is 14.0 Å². The van der Waals surface area contributed by atoms with Gasteiger partial charge in [0.15, 0.2) is 18.0 Å². The highest BCUT2D eigenvalue weighted by Crippen LogP contribution is 2.44. The minimum absolute atomic E-state index is 0.386. The Bertz CT molecular complexity index is 907. The van der Waals surface area contributed by atoms with E-state index in [4.69, 9.17) is 9.47 Å². The highest BCUT2D eigenvalue weighted by atomic mass is 16.5. The van der Waals surface area contributed by atoms with Crippen molar-refractivity contribution in [3.05, 3.63) is 36.3 Å². The van der Waals surface area contributed by atoms with Crippen molar-refractivity contribution in [3.63, 3.8) is 0 Å². The van der Waals surface area contributed by atoms with Crippen LogP contribution in [-0.4, -0.2) is 53.8 Å². The second-order valence-electron chi connectivity index (χ2n) is 13.2. The molecular formula is C33H51N2O2+. The maximum atomic E-state index is 6.41. The van der Waals surface area contributed by atoms with E-state index < -0.39 is 0 Å². The summed E-state index contributed by atoms with van der Waals surface area (Å²) in [7, 11) is 4.48. The number of hydrogen-bond donors (Lipinski definition) is 0. The molecule has 0 aromatic heterocycles. The Morgan fingerprint density at radius 1 is 0.676 bits per heavy atom. The van der Waals surface area contributed by atoms with Gasteiger partial charge < -0.3 is 14.4 Å². The van der Waals surface area contributed by atoms with Gasteiger partial charge in [0.2, 0.25) is 0 Å². The van der Waals surface area contributed by atoms with E-state index in [0.717, 1.165) is 35.5 Å². The minimum Gasteiger partial charge on any atom is -0.474 e. The van der Waals surface area contributed by atoms with E-state index in [1.54, 1.807) is 0 Å². The van der Waals surface area contributed by atoms with E-state index in [1.165, 1.54) is 103 Å². The molecule has 5 fully saturated rings. The largest absolute Gasteiger partial charge is 0.474 e. The van der Waals surface area contributed by atoms with E-state index in [-0.39, 0.29) is 0 Å². The average molecular weight is 508 g/mol. The van der Waals surface area contributed by atoms with Crippen LogP contribution in [0.1, 0.15) is 103 Å². The zero-order valence-corrected chi connectivity index (χ0v) is 23.5. The molecular weight excluding hydrogens is 456 g/mol. The zero-order chi connectivity index (χ0) is 25.2. The van der Waals surface area contributed by atoms with Gasteiger partial charge in [0.05, 0.1) is 6.04 Å². The van der Waals surface area contributed by atoms with E-state index in [0.29, 0.717) is 24.3 Å². The number of ether oxygens (including phenoxy) is 2. The fourth-order valence-corrected chi connectivity index (χ4v) is 8.92. The summed E-state index contributed by atoms with van der Waals surface area (Å²) in [5.41, 5.74) is 0. The molecule has 4 aliphatic carbocycles. The molecule has 204 valence electrons. The number of likely N-dealkylation sites (N-methyl/N-ethyl adjacent to an activating group) is 2. The quantitative estimate of drug-likeness (QED) is 0.290. The number of rotatable bonds is 5. The first-order valence-electron chi connectivity index (χ1n) is 15.9. The van der Waals surface area contributed by atoms with Crippen molar-refractivity contribution in [2.24, 2.45) is 23.7 Å². The molecule has 0 aromatic carbocycles. The second-order valence-corrected chi connectivity index (χ2v) is 13.2. The smallest absolute Gasteiger partial charge is 0.363 e. The maximum Gasteiger partial charge on any atom is 0.363 e. The van der Waals surface area contributed by atoms with Gasteiger partial charge in [-0.05, 0) is 61.9 Å². The second kappa shape index (κ2) is 11.6. The molecule has 0 N–H and O–H groups in total. The standard InChI is InChI=1S/C33H51N2O2/c1-34-28-22-26(24-12-6-3-7-13-24)18-20-30(28)36-32(34)16-10-5-11-17-33-35(2)29-23-27(19-21-31(29)37-33)25-14-8-4-9-15-25/h5,10-11,16-17,24-31H,3-4,6-9,12-15,18-23H2,1-2H3/q+1. The first-order valence-corrected chi connectivity index (χ1v) is 15.9. The van der Waals surface area contributed by atoms with Crippen LogP contribution in [0.15, 0.2) is 36.3 Å². The Morgan fingerprint density at radius 2 is 1.32 bits per heavy atom. The molecule has 0 amide bonds. The Labute approximate surface area is 225 Å². The van der Waals surface area contributed by atoms with Crippen LogP contribution in [0.3, 0.4) is 0 Å². The van der Waals surface area contributed by atoms with E-state index >= 15 is 0 Å². The van der Waals surface area contributed by atoms with Crippen LogP contribution in [0.5, 0.6) is 0 Å². The fourth-order valence-electron chi connectivity index (χ4n) is 8.92. The summed E-state index contributed by atoms with van der Waals surface area (Å²) in [5, 5.41) is 0. The van der Waals surface area contributed by atoms with E-state index in [2.05, 4.69) is 54.0 Å². The van der Waals surface area contributed by atoms with Crippen molar-refractivity contribution in [1.29, 1.82) is 0 Å². The van der Waals surface area contributed by atoms with Crippen molar-refractivity contribution >= 4 is 5.90 Å². The number of allylic oxidation sites excluding steroid dienone is 4. The van der Waals surface area contributed by atoms with Crippen molar-refractivity contribution in [2.45, 2.75) is 127 Å². The molecule has 6 unspecified atom stereocenters. The van der Waals surface area contributed by atoms with Crippen molar-refractivity contribution in [3.8, 4) is 0 Å². The SMILES string of the molecule is CN1C(=CC=CC=CC2=[N+](C)C3CC(C4CCCCC4)CCC3O2)OC2CCC(C3CCCCC3)CC21. The molecule has 6 atom stereocenters. The Balaban J connectivity index is 1.02. The van der Waals surface area contributed by atoms with Gasteiger partial charge in [0.1, 0.15) is 13.2 Å². The molecule has 6 rings (SSSR count). The monoisotopic (exact) mass is 507 g/mol. The van der Waals surface area contributed by atoms with Gasteiger partial charge in [-0.2, -0.15) is 4.58 Å². The lowest BCUT2D eigenvalue weighted by Gasteiger charge is -2.38. The third-order valence-electron chi connectivity index (χ3n) is 11.2. The highest BCUT2D eigenvalue weighted by molar-refractivity contribution is 5.84. The third kappa shape index (κ3) is 5.55. The number of fused-ring (bicyclic) bond motifs is 2. The predicted molar refractivity (Wildman–Crippen MR) is 150 cm³/mol. The zero-order valence-electron chi connectivity index (χ0n) is 23.5. The molecule has 0 aromatic rings. The summed E-state index contributed by atoms with van der Waals surface area (Å²) in [4.78, 5) is 2.42. The van der Waals surface area contributed by atoms with Crippen molar-refractivity contribution in [2.75, 3.05) is 14.1 Å². The molecule has 4 heteroatoms. The van der Waals surface area contributed by atoms with Crippen LogP contribution in [0, 0.1) is 23.7 Å². The first kappa shape index (κ1) is 25.6. The number of hydrogen-bond acceptors (Lipinski definition) is 3. The van der Waals surface area contributed by atoms with Crippen LogP contribution >= 0.6 is 0 Å². The normalized spacial score (nSPS) is 38.9. The summed E-state index contributed by atoms with van der Waals surface area (Å²) >= 11 is 0. The molecule has 1 saturated heterocycles. The van der Waals surface area contributed by atoms with Crippen LogP contribution in [0.25, 0.3) is 0 Å². The molecule has 6 aliphatic rings. The molecule has 0 spiro atoms. The Hall–Kier alpha value is -1.71. The maximum absolute atomic E-state index is 6.41. The van der Waals surface area contributed by atoms with Gasteiger partial charge in [-0.3, -0.25) is 0 Å². The molecule has 4 nitrogen and oxygen atoms in total. The number of nitrogens with zero attached hydrogens (tertiary/aromatic N) is 2. The van der Waals surface area contributed by atoms with Gasteiger partial charge in [-0.1, -0.05) is 82.4 Å². The van der Waals surface area contributed by atoms with Crippen LogP contribution < -0.4 is 0 Å². The van der Waals surface area contributed by atoms with Gasteiger partial charge in [0.25, 0.3) is 0 Å². The molecule has 4 saturated carbocycles. The van der Waals surface area contributed by atoms with Crippen LogP contribution in [0.4, 0.5) is 0 Å². The van der Waals surface area contributed by atoms with Gasteiger partial charge >= 0.3 is 5.90 Å². The van der Waals surface area contributed by atoms with Gasteiger partial charge in [0, 0.05) is 19.5 Å². The van der Waals surface area contributed by atoms with E-state index in [1.807, 2.05) is 0 Å². The van der Waals surface area contributed by atoms with Crippen LogP contribution in [0.2, 0.25) is 0 Å².